The summed E-state index contributed by atoms with van der Waals surface area (Å²) in [7, 11) is -3.51. The number of halogens is 1. The Morgan fingerprint density at radius 1 is 1.18 bits per heavy atom. The summed E-state index contributed by atoms with van der Waals surface area (Å²) in [6.45, 7) is 5.77. The van der Waals surface area contributed by atoms with Crippen molar-refractivity contribution >= 4 is 15.9 Å². The molecule has 2 aromatic rings. The van der Waals surface area contributed by atoms with Gasteiger partial charge >= 0.3 is 0 Å². The number of hydrogen-bond acceptors (Lipinski definition) is 7. The Morgan fingerprint density at radius 3 is 2.75 bits per heavy atom. The molecule has 0 spiro atoms. The van der Waals surface area contributed by atoms with Crippen LogP contribution in [-0.2, 0) is 34.2 Å². The van der Waals surface area contributed by atoms with E-state index in [0.29, 0.717) is 56.8 Å². The van der Waals surface area contributed by atoms with Gasteiger partial charge in [-0.3, -0.25) is 9.78 Å². The van der Waals surface area contributed by atoms with Crippen LogP contribution < -0.4 is 15.4 Å². The fourth-order valence-electron chi connectivity index (χ4n) is 4.74. The van der Waals surface area contributed by atoms with Crippen molar-refractivity contribution in [1.29, 1.82) is 0 Å². The normalized spacial score (nSPS) is 20.2. The lowest BCUT2D eigenvalue weighted by atomic mass is 10.00. The summed E-state index contributed by atoms with van der Waals surface area (Å²) in [4.78, 5) is 17.1. The van der Waals surface area contributed by atoms with Crippen molar-refractivity contribution in [1.82, 2.24) is 19.9 Å². The van der Waals surface area contributed by atoms with Gasteiger partial charge in [0.25, 0.3) is 0 Å². The van der Waals surface area contributed by atoms with Crippen LogP contribution in [0.25, 0.3) is 0 Å². The minimum Gasteiger partial charge on any atom is -0.493 e. The van der Waals surface area contributed by atoms with Crippen LogP contribution in [0.1, 0.15) is 62.6 Å². The summed E-state index contributed by atoms with van der Waals surface area (Å²) < 4.78 is 47.6. The number of benzene rings is 1. The van der Waals surface area contributed by atoms with Crippen LogP contribution in [0, 0.1) is 5.82 Å². The number of nitrogens with one attached hydrogen (secondary N) is 2. The quantitative estimate of drug-likeness (QED) is 0.441. The van der Waals surface area contributed by atoms with Gasteiger partial charge in [0.15, 0.2) is 0 Å². The van der Waals surface area contributed by atoms with Gasteiger partial charge in [-0.1, -0.05) is 19.9 Å². The molecule has 0 fully saturated rings. The van der Waals surface area contributed by atoms with Crippen molar-refractivity contribution in [3.63, 3.8) is 0 Å². The first-order chi connectivity index (χ1) is 19.2. The van der Waals surface area contributed by atoms with E-state index >= 15 is 0 Å². The Balaban J connectivity index is 1.74. The van der Waals surface area contributed by atoms with Gasteiger partial charge in [0.2, 0.25) is 15.9 Å². The molecule has 11 heteroatoms. The molecule has 3 rings (SSSR count). The fourth-order valence-corrected chi connectivity index (χ4v) is 6.38. The molecule has 2 bridgehead atoms. The average molecular weight is 579 g/mol. The molecule has 1 amide bonds. The number of nitrogens with zero attached hydrogens (tertiary/aromatic N) is 2. The number of aromatic nitrogens is 1. The van der Waals surface area contributed by atoms with Gasteiger partial charge in [0.05, 0.1) is 24.5 Å². The number of pyridine rings is 1. The van der Waals surface area contributed by atoms with Crippen LogP contribution in [0.2, 0.25) is 0 Å². The molecule has 1 aliphatic rings. The lowest BCUT2D eigenvalue weighted by Gasteiger charge is -2.25. The van der Waals surface area contributed by atoms with E-state index in [1.165, 1.54) is 16.4 Å². The lowest BCUT2D eigenvalue weighted by molar-refractivity contribution is -0.122. The Hall–Kier alpha value is -2.60. The highest BCUT2D eigenvalue weighted by molar-refractivity contribution is 7.89. The first-order valence-electron chi connectivity index (χ1n) is 14.2. The van der Waals surface area contributed by atoms with Gasteiger partial charge in [0, 0.05) is 51.1 Å². The summed E-state index contributed by atoms with van der Waals surface area (Å²) in [6, 6.07) is 5.72. The molecule has 9 nitrogen and oxygen atoms in total. The van der Waals surface area contributed by atoms with E-state index < -0.39 is 28.0 Å². The molecule has 3 N–H and O–H groups in total. The minimum absolute atomic E-state index is 0.00281. The van der Waals surface area contributed by atoms with Gasteiger partial charge in [-0.25, -0.2) is 17.1 Å². The number of sulfonamides is 1. The molecule has 1 aliphatic heterocycles. The molecule has 1 aromatic carbocycles. The lowest BCUT2D eigenvalue weighted by Crippen LogP contribution is -2.48. The molecule has 2 atom stereocenters. The van der Waals surface area contributed by atoms with E-state index in [1.54, 1.807) is 12.3 Å². The maximum absolute atomic E-state index is 14.5. The Labute approximate surface area is 237 Å². The number of rotatable bonds is 8. The van der Waals surface area contributed by atoms with Gasteiger partial charge in [-0.15, -0.1) is 0 Å². The van der Waals surface area contributed by atoms with E-state index in [0.717, 1.165) is 17.5 Å². The van der Waals surface area contributed by atoms with Crippen molar-refractivity contribution < 1.29 is 27.4 Å². The molecule has 222 valence electrons. The number of carbonyl (C=O) groups is 1. The molecule has 1 aromatic heterocycles. The SMILES string of the molecule is CCCN1CCCCOc2cc(F)cc(c2)CC(C(O)CNCc2cncc(CC)c2)NC(=O)CCCS1(=O)=O. The zero-order chi connectivity index (χ0) is 29.0. The molecule has 2 heterocycles. The highest BCUT2D eigenvalue weighted by Crippen LogP contribution is 2.20. The second-order valence-corrected chi connectivity index (χ2v) is 12.4. The molecular weight excluding hydrogens is 535 g/mol. The number of aliphatic hydroxyl groups is 1. The fraction of sp³-hybridized carbons (Fsp3) is 0.586. The predicted octanol–water partition coefficient (Wildman–Crippen LogP) is 2.96. The smallest absolute Gasteiger partial charge is 0.220 e. The van der Waals surface area contributed by atoms with E-state index in [-0.39, 0.29) is 37.5 Å². The van der Waals surface area contributed by atoms with Crippen molar-refractivity contribution in [3.05, 3.63) is 59.2 Å². The standard InChI is InChI=1S/C29H43FN4O5S/c1-3-9-34-10-5-6-11-39-26-15-23(14-25(30)17-26)16-27(33-29(36)8-7-12-40(34,37)38)28(35)21-32-20-24-13-22(4-2)18-31-19-24/h13-15,17-19,27-28,32,35H,3-12,16,20-21H2,1-2H3,(H,33,36). The largest absolute Gasteiger partial charge is 0.493 e. The van der Waals surface area contributed by atoms with Crippen LogP contribution in [0.15, 0.2) is 36.7 Å². The third kappa shape index (κ3) is 10.4. The highest BCUT2D eigenvalue weighted by atomic mass is 32.2. The van der Waals surface area contributed by atoms with E-state index in [1.807, 2.05) is 19.2 Å². The summed E-state index contributed by atoms with van der Waals surface area (Å²) >= 11 is 0. The van der Waals surface area contributed by atoms with Crippen molar-refractivity contribution in [2.75, 3.05) is 32.0 Å². The third-order valence-corrected chi connectivity index (χ3v) is 8.84. The minimum atomic E-state index is -3.51. The predicted molar refractivity (Wildman–Crippen MR) is 153 cm³/mol. The van der Waals surface area contributed by atoms with Gasteiger partial charge in [-0.2, -0.15) is 0 Å². The third-order valence-electron chi connectivity index (χ3n) is 6.88. The van der Waals surface area contributed by atoms with E-state index in [4.69, 9.17) is 4.74 Å². The molecule has 0 saturated carbocycles. The maximum Gasteiger partial charge on any atom is 0.220 e. The van der Waals surface area contributed by atoms with Gasteiger partial charge in [-0.05, 0) is 67.3 Å². The molecule has 0 saturated heterocycles. The number of carbonyl (C=O) groups excluding carboxylic acids is 1. The second-order valence-electron chi connectivity index (χ2n) is 10.3. The highest BCUT2D eigenvalue weighted by Gasteiger charge is 2.24. The topological polar surface area (TPSA) is 121 Å². The van der Waals surface area contributed by atoms with Crippen LogP contribution in [0.3, 0.4) is 0 Å². The molecule has 40 heavy (non-hydrogen) atoms. The van der Waals surface area contributed by atoms with Crippen molar-refractivity contribution in [3.8, 4) is 5.75 Å². The molecule has 0 radical (unpaired) electrons. The second kappa shape index (κ2) is 16.0. The van der Waals surface area contributed by atoms with Crippen LogP contribution in [0.5, 0.6) is 5.75 Å². The maximum atomic E-state index is 14.5. The number of ether oxygens (including phenoxy) is 1. The number of aryl methyl sites for hydroxylation is 1. The average Bonchev–Trinajstić information content (AvgIpc) is 2.91. The molecule has 0 aliphatic carbocycles. The zero-order valence-electron chi connectivity index (χ0n) is 23.6. The zero-order valence-corrected chi connectivity index (χ0v) is 24.4. The summed E-state index contributed by atoms with van der Waals surface area (Å²) in [5.74, 6) is -0.592. The van der Waals surface area contributed by atoms with Gasteiger partial charge in [0.1, 0.15) is 11.6 Å². The number of hydrogen-bond donors (Lipinski definition) is 3. The summed E-state index contributed by atoms with van der Waals surface area (Å²) in [5, 5.41) is 17.1. The Morgan fingerprint density at radius 2 is 1.98 bits per heavy atom. The number of amides is 1. The Bertz CT molecular complexity index is 1200. The summed E-state index contributed by atoms with van der Waals surface area (Å²) in [6.07, 6.45) is 5.74. The monoisotopic (exact) mass is 578 g/mol. The van der Waals surface area contributed by atoms with Crippen LogP contribution >= 0.6 is 0 Å². The number of fused-ring (bicyclic) bond motifs is 2. The first kappa shape index (κ1) is 31.9. The van der Waals surface area contributed by atoms with Gasteiger partial charge < -0.3 is 20.5 Å². The number of aliphatic hydroxyl groups excluding tert-OH is 1. The molecule has 2 unspecified atom stereocenters. The first-order valence-corrected chi connectivity index (χ1v) is 15.8. The van der Waals surface area contributed by atoms with E-state index in [2.05, 4.69) is 22.5 Å². The van der Waals surface area contributed by atoms with Crippen LogP contribution in [0.4, 0.5) is 4.39 Å². The van der Waals surface area contributed by atoms with Crippen molar-refractivity contribution in [2.24, 2.45) is 0 Å². The molecular formula is C29H43FN4O5S. The van der Waals surface area contributed by atoms with Crippen LogP contribution in [-0.4, -0.2) is 72.9 Å². The van der Waals surface area contributed by atoms with E-state index in [9.17, 15) is 22.7 Å². The Kier molecular flexibility index (Phi) is 12.8. The summed E-state index contributed by atoms with van der Waals surface area (Å²) in [5.41, 5.74) is 2.68. The van der Waals surface area contributed by atoms with Crippen molar-refractivity contribution in [2.45, 2.75) is 77.5 Å².